The monoisotopic (exact) mass is 243 g/mol. The van der Waals surface area contributed by atoms with E-state index in [9.17, 15) is 0 Å². The first-order valence-electron chi connectivity index (χ1n) is 4.56. The molecule has 1 saturated carbocycles. The van der Waals surface area contributed by atoms with E-state index in [1.807, 2.05) is 11.7 Å². The maximum atomic E-state index is 6.01. The number of halogens is 1. The van der Waals surface area contributed by atoms with Gasteiger partial charge in [0.1, 0.15) is 4.60 Å². The van der Waals surface area contributed by atoms with Gasteiger partial charge in [-0.2, -0.15) is 5.10 Å². The lowest BCUT2D eigenvalue weighted by Crippen LogP contribution is -2.22. The molecule has 1 aliphatic carbocycles. The Morgan fingerprint density at radius 2 is 2.38 bits per heavy atom. The first-order valence-corrected chi connectivity index (χ1v) is 5.36. The summed E-state index contributed by atoms with van der Waals surface area (Å²) in [5.74, 6) is 0. The quantitative estimate of drug-likeness (QED) is 0.877. The van der Waals surface area contributed by atoms with Crippen LogP contribution in [0.25, 0.3) is 0 Å². The average molecular weight is 244 g/mol. The molecule has 2 rings (SSSR count). The molecule has 0 spiro atoms. The first-order chi connectivity index (χ1) is 6.09. The minimum absolute atomic E-state index is 0.150. The molecule has 0 saturated heterocycles. The number of hydrogen-bond donors (Lipinski definition) is 1. The molecule has 0 radical (unpaired) electrons. The summed E-state index contributed by atoms with van der Waals surface area (Å²) < 4.78 is 2.82. The van der Waals surface area contributed by atoms with Gasteiger partial charge < -0.3 is 5.73 Å². The minimum Gasteiger partial charge on any atom is -0.325 e. The Morgan fingerprint density at radius 3 is 2.85 bits per heavy atom. The van der Waals surface area contributed by atoms with E-state index >= 15 is 0 Å². The van der Waals surface area contributed by atoms with Crippen LogP contribution in [0.15, 0.2) is 10.7 Å². The van der Waals surface area contributed by atoms with Gasteiger partial charge in [-0.05, 0) is 47.7 Å². The van der Waals surface area contributed by atoms with E-state index in [2.05, 4.69) is 27.1 Å². The molecule has 0 bridgehead atoms. The van der Waals surface area contributed by atoms with Gasteiger partial charge in [-0.3, -0.25) is 4.68 Å². The van der Waals surface area contributed by atoms with Gasteiger partial charge in [0.25, 0.3) is 0 Å². The third-order valence-corrected chi connectivity index (χ3v) is 3.11. The van der Waals surface area contributed by atoms with Crippen LogP contribution in [-0.4, -0.2) is 15.3 Å². The van der Waals surface area contributed by atoms with Crippen molar-refractivity contribution in [3.05, 3.63) is 16.4 Å². The minimum atomic E-state index is 0.150. The number of rotatable bonds is 3. The topological polar surface area (TPSA) is 43.8 Å². The van der Waals surface area contributed by atoms with Crippen molar-refractivity contribution in [3.8, 4) is 0 Å². The highest BCUT2D eigenvalue weighted by Gasteiger charge is 2.37. The molecule has 1 aromatic heterocycles. The molecule has 1 aromatic rings. The highest BCUT2D eigenvalue weighted by molar-refractivity contribution is 9.10. The molecule has 1 heterocycles. The van der Waals surface area contributed by atoms with Crippen LogP contribution in [0.4, 0.5) is 0 Å². The predicted octanol–water partition coefficient (Wildman–Crippen LogP) is 1.61. The molecule has 1 fully saturated rings. The first kappa shape index (κ1) is 9.21. The van der Waals surface area contributed by atoms with Gasteiger partial charge in [0.05, 0.1) is 0 Å². The van der Waals surface area contributed by atoms with Gasteiger partial charge in [0.2, 0.25) is 0 Å². The zero-order valence-electron chi connectivity index (χ0n) is 7.76. The van der Waals surface area contributed by atoms with E-state index in [0.29, 0.717) is 0 Å². The van der Waals surface area contributed by atoms with E-state index in [1.165, 1.54) is 18.5 Å². The number of nitrogens with two attached hydrogens (primary N) is 1. The molecule has 1 aliphatic rings. The van der Waals surface area contributed by atoms with Crippen molar-refractivity contribution in [2.75, 3.05) is 0 Å². The fourth-order valence-electron chi connectivity index (χ4n) is 1.49. The molecule has 0 aliphatic heterocycles. The maximum Gasteiger partial charge on any atom is 0.128 e. The Bertz CT molecular complexity index is 315. The fraction of sp³-hybridized carbons (Fsp3) is 0.667. The van der Waals surface area contributed by atoms with E-state index in [1.54, 1.807) is 0 Å². The summed E-state index contributed by atoms with van der Waals surface area (Å²) in [5.41, 5.74) is 7.41. The van der Waals surface area contributed by atoms with Crippen molar-refractivity contribution in [2.45, 2.75) is 31.2 Å². The third-order valence-electron chi connectivity index (χ3n) is 2.72. The van der Waals surface area contributed by atoms with E-state index < -0.39 is 0 Å². The molecule has 0 amide bonds. The zero-order chi connectivity index (χ0) is 9.47. The summed E-state index contributed by atoms with van der Waals surface area (Å²) >= 11 is 3.36. The normalized spacial score (nSPS) is 19.0. The molecule has 2 N–H and O–H groups in total. The Kier molecular flexibility index (Phi) is 2.20. The zero-order valence-corrected chi connectivity index (χ0v) is 9.34. The van der Waals surface area contributed by atoms with E-state index in [0.717, 1.165) is 17.4 Å². The molecule has 0 aromatic carbocycles. The van der Waals surface area contributed by atoms with E-state index in [4.69, 9.17) is 5.73 Å². The van der Waals surface area contributed by atoms with Gasteiger partial charge in [0, 0.05) is 18.3 Å². The fourth-order valence-corrected chi connectivity index (χ4v) is 1.99. The summed E-state index contributed by atoms with van der Waals surface area (Å²) in [6.45, 7) is 0. The molecule has 3 nitrogen and oxygen atoms in total. The van der Waals surface area contributed by atoms with Crippen LogP contribution in [0.1, 0.15) is 25.0 Å². The SMILES string of the molecule is Cn1nc(Br)cc1CCC1(N)CC1. The highest BCUT2D eigenvalue weighted by Crippen LogP contribution is 2.36. The summed E-state index contributed by atoms with van der Waals surface area (Å²) in [6, 6.07) is 2.06. The van der Waals surface area contributed by atoms with Crippen LogP contribution < -0.4 is 5.73 Å². The number of aromatic nitrogens is 2. The Balaban J connectivity index is 1.97. The van der Waals surface area contributed by atoms with Gasteiger partial charge in [-0.15, -0.1) is 0 Å². The standard InChI is InChI=1S/C9H14BrN3/c1-13-7(6-8(10)12-13)2-3-9(11)4-5-9/h6H,2-5,11H2,1H3. The number of hydrogen-bond acceptors (Lipinski definition) is 2. The molecule has 0 unspecified atom stereocenters. The van der Waals surface area contributed by atoms with Crippen molar-refractivity contribution in [3.63, 3.8) is 0 Å². The maximum absolute atomic E-state index is 6.01. The lowest BCUT2D eigenvalue weighted by molar-refractivity contribution is 0.583. The molecule has 72 valence electrons. The lowest BCUT2D eigenvalue weighted by atomic mass is 10.1. The van der Waals surface area contributed by atoms with Crippen molar-refractivity contribution >= 4 is 15.9 Å². The van der Waals surface area contributed by atoms with Crippen LogP contribution in [0.3, 0.4) is 0 Å². The smallest absolute Gasteiger partial charge is 0.128 e. The van der Waals surface area contributed by atoms with Crippen LogP contribution >= 0.6 is 15.9 Å². The summed E-state index contributed by atoms with van der Waals surface area (Å²) in [4.78, 5) is 0. The molecular weight excluding hydrogens is 230 g/mol. The van der Waals surface area contributed by atoms with Crippen LogP contribution in [-0.2, 0) is 13.5 Å². The van der Waals surface area contributed by atoms with Crippen molar-refractivity contribution in [1.29, 1.82) is 0 Å². The van der Waals surface area contributed by atoms with Crippen molar-refractivity contribution in [2.24, 2.45) is 12.8 Å². The van der Waals surface area contributed by atoms with Gasteiger partial charge in [-0.1, -0.05) is 0 Å². The second kappa shape index (κ2) is 3.10. The van der Waals surface area contributed by atoms with E-state index in [-0.39, 0.29) is 5.54 Å². The van der Waals surface area contributed by atoms with Crippen molar-refractivity contribution < 1.29 is 0 Å². The summed E-state index contributed by atoms with van der Waals surface area (Å²) in [6.07, 6.45) is 4.49. The number of nitrogens with zero attached hydrogens (tertiary/aromatic N) is 2. The highest BCUT2D eigenvalue weighted by atomic mass is 79.9. The molecule has 4 heteroatoms. The Labute approximate surface area is 86.4 Å². The van der Waals surface area contributed by atoms with Crippen molar-refractivity contribution in [1.82, 2.24) is 9.78 Å². The second-order valence-electron chi connectivity index (χ2n) is 3.94. The largest absolute Gasteiger partial charge is 0.325 e. The second-order valence-corrected chi connectivity index (χ2v) is 4.76. The predicted molar refractivity (Wildman–Crippen MR) is 55.4 cm³/mol. The average Bonchev–Trinajstić information content (AvgIpc) is 2.69. The van der Waals surface area contributed by atoms with Crippen LogP contribution in [0.2, 0.25) is 0 Å². The molecular formula is C9H14BrN3. The molecule has 0 atom stereocenters. The number of aryl methyl sites for hydroxylation is 2. The third kappa shape index (κ3) is 2.11. The van der Waals surface area contributed by atoms with Gasteiger partial charge in [-0.25, -0.2) is 0 Å². The van der Waals surface area contributed by atoms with Crippen LogP contribution in [0.5, 0.6) is 0 Å². The lowest BCUT2D eigenvalue weighted by Gasteiger charge is -2.07. The Hall–Kier alpha value is -0.350. The van der Waals surface area contributed by atoms with Gasteiger partial charge in [0.15, 0.2) is 0 Å². The van der Waals surface area contributed by atoms with Gasteiger partial charge >= 0.3 is 0 Å². The Morgan fingerprint density at radius 1 is 1.69 bits per heavy atom. The van der Waals surface area contributed by atoms with Crippen LogP contribution in [0, 0.1) is 0 Å². The molecule has 13 heavy (non-hydrogen) atoms. The summed E-state index contributed by atoms with van der Waals surface area (Å²) in [7, 11) is 1.97. The summed E-state index contributed by atoms with van der Waals surface area (Å²) in [5, 5.41) is 4.22.